The number of hydrogen-bond donors (Lipinski definition) is 2. The van der Waals surface area contributed by atoms with Gasteiger partial charge in [-0.1, -0.05) is 19.9 Å². The lowest BCUT2D eigenvalue weighted by atomic mass is 10.0. The maximum absolute atomic E-state index is 11.3. The molecule has 0 aliphatic carbocycles. The van der Waals surface area contributed by atoms with Crippen molar-refractivity contribution >= 4 is 11.9 Å². The summed E-state index contributed by atoms with van der Waals surface area (Å²) >= 11 is 0. The highest BCUT2D eigenvalue weighted by Crippen LogP contribution is 2.02. The van der Waals surface area contributed by atoms with Gasteiger partial charge >= 0.3 is 11.9 Å². The molecular weight excluding hydrogens is 198 g/mol. The van der Waals surface area contributed by atoms with Crippen LogP contribution in [0, 0.1) is 5.92 Å². The number of carboxylic acids is 1. The highest BCUT2D eigenvalue weighted by molar-refractivity contribution is 5.79. The van der Waals surface area contributed by atoms with Crippen LogP contribution in [0.3, 0.4) is 0 Å². The number of carboxylic acid groups (broad SMARTS) is 1. The van der Waals surface area contributed by atoms with Gasteiger partial charge in [0.1, 0.15) is 6.04 Å². The number of carbonyl (C=O) groups excluding carboxylic acids is 1. The maximum atomic E-state index is 11.3. The Morgan fingerprint density at radius 1 is 1.47 bits per heavy atom. The van der Waals surface area contributed by atoms with E-state index in [-0.39, 0.29) is 11.9 Å². The third-order valence-electron chi connectivity index (χ3n) is 1.84. The summed E-state index contributed by atoms with van der Waals surface area (Å²) in [5.41, 5.74) is 0. The van der Waals surface area contributed by atoms with Gasteiger partial charge in [0.25, 0.3) is 0 Å². The Morgan fingerprint density at radius 2 is 2.07 bits per heavy atom. The molecule has 0 aromatic heterocycles. The molecule has 1 atom stereocenters. The molecule has 0 amide bonds. The molecule has 0 heterocycles. The molecular formula is C10H17NO4. The molecule has 0 fully saturated rings. The molecule has 0 aromatic carbocycles. The summed E-state index contributed by atoms with van der Waals surface area (Å²) in [6.45, 7) is 4.09. The Balaban J connectivity index is 4.08. The fraction of sp³-hybridized carbons (Fsp3) is 0.600. The summed E-state index contributed by atoms with van der Waals surface area (Å²) in [5.74, 6) is -1.25. The molecule has 5 nitrogen and oxygen atoms in total. The van der Waals surface area contributed by atoms with Gasteiger partial charge in [-0.25, -0.2) is 4.79 Å². The van der Waals surface area contributed by atoms with Crippen LogP contribution in [0.15, 0.2) is 12.2 Å². The topological polar surface area (TPSA) is 75.6 Å². The highest BCUT2D eigenvalue weighted by Gasteiger charge is 2.21. The van der Waals surface area contributed by atoms with E-state index in [1.807, 2.05) is 13.8 Å². The summed E-state index contributed by atoms with van der Waals surface area (Å²) in [6, 6.07) is -0.409. The van der Waals surface area contributed by atoms with Crippen molar-refractivity contribution in [2.24, 2.45) is 5.92 Å². The lowest BCUT2D eigenvalue weighted by Crippen LogP contribution is -2.41. The summed E-state index contributed by atoms with van der Waals surface area (Å²) in [5, 5.41) is 11.2. The van der Waals surface area contributed by atoms with Gasteiger partial charge in [-0.15, -0.1) is 0 Å². The maximum Gasteiger partial charge on any atom is 0.328 e. The van der Waals surface area contributed by atoms with Crippen LogP contribution in [0.4, 0.5) is 0 Å². The van der Waals surface area contributed by atoms with Crippen LogP contribution in [-0.4, -0.2) is 36.7 Å². The first-order chi connectivity index (χ1) is 6.99. The fourth-order valence-electron chi connectivity index (χ4n) is 1.07. The van der Waals surface area contributed by atoms with Gasteiger partial charge in [-0.2, -0.15) is 0 Å². The molecule has 0 saturated carbocycles. The molecule has 0 bridgehead atoms. The zero-order valence-corrected chi connectivity index (χ0v) is 9.19. The van der Waals surface area contributed by atoms with Crippen molar-refractivity contribution in [1.82, 2.24) is 5.32 Å². The van der Waals surface area contributed by atoms with Gasteiger partial charge in [0, 0.05) is 12.6 Å². The molecule has 2 N–H and O–H groups in total. The molecule has 5 heteroatoms. The average Bonchev–Trinajstić information content (AvgIpc) is 2.15. The molecule has 0 aliphatic heterocycles. The van der Waals surface area contributed by atoms with E-state index in [9.17, 15) is 9.59 Å². The summed E-state index contributed by atoms with van der Waals surface area (Å²) in [6.07, 6.45) is 2.47. The number of nitrogens with one attached hydrogen (secondary N) is 1. The Hall–Kier alpha value is -1.36. The Morgan fingerprint density at radius 3 is 2.47 bits per heavy atom. The van der Waals surface area contributed by atoms with Gasteiger partial charge < -0.3 is 15.2 Å². The largest absolute Gasteiger partial charge is 0.478 e. The van der Waals surface area contributed by atoms with Crippen molar-refractivity contribution in [3.05, 3.63) is 12.2 Å². The minimum atomic E-state index is -1.00. The van der Waals surface area contributed by atoms with Crippen molar-refractivity contribution in [1.29, 1.82) is 0 Å². The minimum Gasteiger partial charge on any atom is -0.478 e. The van der Waals surface area contributed by atoms with E-state index in [4.69, 9.17) is 5.11 Å². The number of ether oxygens (including phenoxy) is 1. The first-order valence-electron chi connectivity index (χ1n) is 4.69. The first kappa shape index (κ1) is 13.6. The second kappa shape index (κ2) is 7.00. The summed E-state index contributed by atoms with van der Waals surface area (Å²) in [4.78, 5) is 21.4. The van der Waals surface area contributed by atoms with Crippen LogP contribution in [0.2, 0.25) is 0 Å². The molecule has 0 spiro atoms. The third-order valence-corrected chi connectivity index (χ3v) is 1.84. The predicted octanol–water partition coefficient (Wildman–Crippen LogP) is 0.414. The summed E-state index contributed by atoms with van der Waals surface area (Å²) < 4.78 is 4.61. The average molecular weight is 215 g/mol. The second-order valence-electron chi connectivity index (χ2n) is 3.39. The smallest absolute Gasteiger partial charge is 0.328 e. The Kier molecular flexibility index (Phi) is 6.37. The van der Waals surface area contributed by atoms with E-state index in [1.165, 1.54) is 13.2 Å². The molecule has 0 radical (unpaired) electrons. The molecule has 1 unspecified atom stereocenters. The van der Waals surface area contributed by atoms with Gasteiger partial charge in [0.05, 0.1) is 7.11 Å². The quantitative estimate of drug-likeness (QED) is 0.496. The minimum absolute atomic E-state index is 0.0932. The van der Waals surface area contributed by atoms with E-state index >= 15 is 0 Å². The Bertz CT molecular complexity index is 248. The van der Waals surface area contributed by atoms with Crippen LogP contribution < -0.4 is 5.32 Å². The Labute approximate surface area is 89.1 Å². The standard InChI is InChI=1S/C10H17NO4/c1-7(2)9(10(14)15-3)11-6-4-5-8(12)13/h4-5,7,9,11H,6H2,1-3H3,(H,12,13)/b5-4+. The van der Waals surface area contributed by atoms with E-state index in [1.54, 1.807) is 0 Å². The number of esters is 1. The van der Waals surface area contributed by atoms with Crippen molar-refractivity contribution in [2.45, 2.75) is 19.9 Å². The van der Waals surface area contributed by atoms with E-state index in [0.29, 0.717) is 6.54 Å². The highest BCUT2D eigenvalue weighted by atomic mass is 16.5. The molecule has 15 heavy (non-hydrogen) atoms. The normalized spacial score (nSPS) is 13.1. The lowest BCUT2D eigenvalue weighted by molar-refractivity contribution is -0.144. The van der Waals surface area contributed by atoms with Crippen LogP contribution in [0.1, 0.15) is 13.8 Å². The van der Waals surface area contributed by atoms with Crippen LogP contribution in [-0.2, 0) is 14.3 Å². The number of rotatable bonds is 6. The van der Waals surface area contributed by atoms with Gasteiger partial charge in [-0.05, 0) is 5.92 Å². The van der Waals surface area contributed by atoms with Gasteiger partial charge in [-0.3, -0.25) is 4.79 Å². The van der Waals surface area contributed by atoms with Crippen LogP contribution in [0.25, 0.3) is 0 Å². The van der Waals surface area contributed by atoms with Crippen LogP contribution in [0.5, 0.6) is 0 Å². The molecule has 0 saturated heterocycles. The van der Waals surface area contributed by atoms with E-state index in [0.717, 1.165) is 6.08 Å². The third kappa shape index (κ3) is 5.85. The fourth-order valence-corrected chi connectivity index (χ4v) is 1.07. The van der Waals surface area contributed by atoms with E-state index in [2.05, 4.69) is 10.1 Å². The van der Waals surface area contributed by atoms with Crippen molar-refractivity contribution < 1.29 is 19.4 Å². The monoisotopic (exact) mass is 215 g/mol. The summed E-state index contributed by atoms with van der Waals surface area (Å²) in [7, 11) is 1.33. The van der Waals surface area contributed by atoms with Crippen molar-refractivity contribution in [3.63, 3.8) is 0 Å². The van der Waals surface area contributed by atoms with Crippen molar-refractivity contribution in [3.8, 4) is 0 Å². The van der Waals surface area contributed by atoms with Crippen LogP contribution >= 0.6 is 0 Å². The molecule has 0 rings (SSSR count). The second-order valence-corrected chi connectivity index (χ2v) is 3.39. The first-order valence-corrected chi connectivity index (χ1v) is 4.69. The van der Waals surface area contributed by atoms with Gasteiger partial charge in [0.2, 0.25) is 0 Å². The van der Waals surface area contributed by atoms with Gasteiger partial charge in [0.15, 0.2) is 0 Å². The predicted molar refractivity (Wildman–Crippen MR) is 55.4 cm³/mol. The number of hydrogen-bond acceptors (Lipinski definition) is 4. The molecule has 0 aliphatic rings. The number of methoxy groups -OCH3 is 1. The SMILES string of the molecule is COC(=O)C(NC/C=C/C(=O)O)C(C)C. The lowest BCUT2D eigenvalue weighted by Gasteiger charge is -2.18. The number of aliphatic carboxylic acids is 1. The number of carbonyl (C=O) groups is 2. The molecule has 0 aromatic rings. The zero-order chi connectivity index (χ0) is 11.8. The molecule has 86 valence electrons. The van der Waals surface area contributed by atoms with E-state index < -0.39 is 12.0 Å². The van der Waals surface area contributed by atoms with Crippen molar-refractivity contribution in [2.75, 3.05) is 13.7 Å². The zero-order valence-electron chi connectivity index (χ0n) is 9.19.